The van der Waals surface area contributed by atoms with Crippen molar-refractivity contribution in [3.8, 4) is 6.07 Å². The molecule has 0 amide bonds. The largest absolute Gasteiger partial charge is 0.463 e. The number of hydrogen-bond acceptors (Lipinski definition) is 4. The highest BCUT2D eigenvalue weighted by molar-refractivity contribution is 6.35. The summed E-state index contributed by atoms with van der Waals surface area (Å²) in [5.74, 6) is -0.310. The Morgan fingerprint density at radius 1 is 1.16 bits per heavy atom. The third-order valence-electron chi connectivity index (χ3n) is 5.48. The Balaban J connectivity index is 1.89. The molecule has 4 aliphatic carbocycles. The van der Waals surface area contributed by atoms with Gasteiger partial charge in [-0.2, -0.15) is 5.26 Å². The molecule has 4 aliphatic rings. The van der Waals surface area contributed by atoms with Gasteiger partial charge in [0.25, 0.3) is 5.78 Å². The maximum absolute atomic E-state index is 12.1. The molecule has 0 aliphatic heterocycles. The zero-order valence-corrected chi connectivity index (χ0v) is 11.2. The monoisotopic (exact) mass is 261 g/mol. The van der Waals surface area contributed by atoms with Crippen LogP contribution in [0.4, 0.5) is 0 Å². The standard InChI is InChI=1S/C15H19NO3/c1-19-14(18)13(17)12(8-16)15-5-9-2-10(6-15)4-11(3-9)7-15/h9-12H,2-7H2,1H3. The average Bonchev–Trinajstić information content (AvgIpc) is 2.36. The molecule has 0 aromatic carbocycles. The van der Waals surface area contributed by atoms with Gasteiger partial charge in [0.2, 0.25) is 0 Å². The molecule has 4 heteroatoms. The van der Waals surface area contributed by atoms with Crippen molar-refractivity contribution < 1.29 is 14.3 Å². The third-order valence-corrected chi connectivity index (χ3v) is 5.48. The SMILES string of the molecule is COC(=O)C(=O)C(C#N)C12CC3CC(CC(C3)C1)C2. The van der Waals surface area contributed by atoms with Gasteiger partial charge in [0.15, 0.2) is 0 Å². The molecule has 0 aromatic heterocycles. The number of ketones is 1. The molecule has 0 N–H and O–H groups in total. The zero-order valence-electron chi connectivity index (χ0n) is 11.2. The van der Waals surface area contributed by atoms with Gasteiger partial charge in [0, 0.05) is 0 Å². The molecular formula is C15H19NO3. The van der Waals surface area contributed by atoms with Gasteiger partial charge >= 0.3 is 5.97 Å². The van der Waals surface area contributed by atoms with Crippen LogP contribution in [0.2, 0.25) is 0 Å². The highest BCUT2D eigenvalue weighted by Crippen LogP contribution is 2.62. The Labute approximate surface area is 113 Å². The predicted molar refractivity (Wildman–Crippen MR) is 66.7 cm³/mol. The van der Waals surface area contributed by atoms with Crippen molar-refractivity contribution in [2.75, 3.05) is 7.11 Å². The molecule has 1 atom stereocenters. The van der Waals surface area contributed by atoms with Crippen LogP contribution in [0.5, 0.6) is 0 Å². The van der Waals surface area contributed by atoms with Crippen molar-refractivity contribution in [2.45, 2.75) is 38.5 Å². The van der Waals surface area contributed by atoms with Crippen LogP contribution in [0.25, 0.3) is 0 Å². The molecule has 4 nitrogen and oxygen atoms in total. The number of esters is 1. The Hall–Kier alpha value is -1.37. The summed E-state index contributed by atoms with van der Waals surface area (Å²) in [6.45, 7) is 0. The predicted octanol–water partition coefficient (Wildman–Crippen LogP) is 2.08. The molecule has 0 radical (unpaired) electrons. The molecule has 0 saturated heterocycles. The van der Waals surface area contributed by atoms with Crippen LogP contribution >= 0.6 is 0 Å². The molecule has 19 heavy (non-hydrogen) atoms. The number of methoxy groups -OCH3 is 1. The number of ether oxygens (including phenoxy) is 1. The fourth-order valence-corrected chi connectivity index (χ4v) is 5.22. The van der Waals surface area contributed by atoms with Gasteiger partial charge in [-0.15, -0.1) is 0 Å². The normalized spacial score (nSPS) is 40.5. The van der Waals surface area contributed by atoms with Crippen LogP contribution in [0.15, 0.2) is 0 Å². The number of hydrogen-bond donors (Lipinski definition) is 0. The van der Waals surface area contributed by atoms with E-state index in [4.69, 9.17) is 0 Å². The van der Waals surface area contributed by atoms with E-state index in [1.54, 1.807) is 0 Å². The minimum Gasteiger partial charge on any atom is -0.463 e. The van der Waals surface area contributed by atoms with Crippen LogP contribution in [0, 0.1) is 40.4 Å². The Bertz CT molecular complexity index is 427. The lowest BCUT2D eigenvalue weighted by molar-refractivity contribution is -0.158. The molecular weight excluding hydrogens is 242 g/mol. The molecule has 0 spiro atoms. The topological polar surface area (TPSA) is 67.2 Å². The fourth-order valence-electron chi connectivity index (χ4n) is 5.22. The summed E-state index contributed by atoms with van der Waals surface area (Å²) in [6.07, 6.45) is 6.59. The van der Waals surface area contributed by atoms with Crippen LogP contribution in [-0.4, -0.2) is 18.9 Å². The van der Waals surface area contributed by atoms with Gasteiger partial charge in [0.1, 0.15) is 5.92 Å². The second-order valence-electron chi connectivity index (χ2n) is 6.70. The third kappa shape index (κ3) is 1.87. The number of carbonyl (C=O) groups is 2. The van der Waals surface area contributed by atoms with Crippen molar-refractivity contribution >= 4 is 11.8 Å². The van der Waals surface area contributed by atoms with Crippen molar-refractivity contribution in [2.24, 2.45) is 29.1 Å². The van der Waals surface area contributed by atoms with Crippen molar-refractivity contribution in [1.82, 2.24) is 0 Å². The van der Waals surface area contributed by atoms with E-state index in [-0.39, 0.29) is 5.41 Å². The Kier molecular flexibility index (Phi) is 2.88. The van der Waals surface area contributed by atoms with Gasteiger partial charge in [-0.25, -0.2) is 4.79 Å². The van der Waals surface area contributed by atoms with E-state index in [1.807, 2.05) is 0 Å². The van der Waals surface area contributed by atoms with Crippen molar-refractivity contribution in [3.05, 3.63) is 0 Å². The molecule has 4 rings (SSSR count). The zero-order chi connectivity index (χ0) is 13.6. The summed E-state index contributed by atoms with van der Waals surface area (Å²) in [6, 6.07) is 2.12. The van der Waals surface area contributed by atoms with E-state index in [1.165, 1.54) is 26.4 Å². The molecule has 4 bridgehead atoms. The lowest BCUT2D eigenvalue weighted by atomic mass is 9.46. The minimum atomic E-state index is -0.859. The van der Waals surface area contributed by atoms with E-state index in [0.29, 0.717) is 17.8 Å². The number of Topliss-reactive ketones (excluding diaryl/α,β-unsaturated/α-hetero) is 1. The van der Waals surface area contributed by atoms with E-state index in [9.17, 15) is 14.9 Å². The van der Waals surface area contributed by atoms with Crippen LogP contribution in [0.1, 0.15) is 38.5 Å². The molecule has 0 heterocycles. The molecule has 102 valence electrons. The summed E-state index contributed by atoms with van der Waals surface area (Å²) in [5, 5.41) is 9.42. The Morgan fingerprint density at radius 3 is 2.00 bits per heavy atom. The van der Waals surface area contributed by atoms with Crippen LogP contribution in [0.3, 0.4) is 0 Å². The first-order chi connectivity index (χ1) is 9.08. The number of carbonyl (C=O) groups excluding carboxylic acids is 2. The first-order valence-corrected chi connectivity index (χ1v) is 7.10. The van der Waals surface area contributed by atoms with Gasteiger partial charge in [-0.3, -0.25) is 4.79 Å². The second kappa shape index (κ2) is 4.33. The minimum absolute atomic E-state index is 0.241. The molecule has 0 aromatic rings. The van der Waals surface area contributed by atoms with E-state index in [2.05, 4.69) is 10.8 Å². The van der Waals surface area contributed by atoms with Gasteiger partial charge in [-0.1, -0.05) is 0 Å². The van der Waals surface area contributed by atoms with Crippen molar-refractivity contribution in [1.29, 1.82) is 5.26 Å². The van der Waals surface area contributed by atoms with Gasteiger partial charge < -0.3 is 4.74 Å². The maximum Gasteiger partial charge on any atom is 0.375 e. The highest BCUT2D eigenvalue weighted by atomic mass is 16.5. The summed E-state index contributed by atoms with van der Waals surface area (Å²) in [4.78, 5) is 23.6. The first-order valence-electron chi connectivity index (χ1n) is 7.10. The average molecular weight is 261 g/mol. The maximum atomic E-state index is 12.1. The Morgan fingerprint density at radius 2 is 1.63 bits per heavy atom. The number of nitriles is 1. The highest BCUT2D eigenvalue weighted by Gasteiger charge is 2.57. The summed E-state index contributed by atoms with van der Waals surface area (Å²) in [5.41, 5.74) is -0.241. The fraction of sp³-hybridized carbons (Fsp3) is 0.800. The van der Waals surface area contributed by atoms with Crippen LogP contribution in [-0.2, 0) is 14.3 Å². The van der Waals surface area contributed by atoms with Gasteiger partial charge in [0.05, 0.1) is 13.2 Å². The molecule has 1 unspecified atom stereocenters. The quantitative estimate of drug-likeness (QED) is 0.576. The smallest absolute Gasteiger partial charge is 0.375 e. The molecule has 4 saturated carbocycles. The first kappa shape index (κ1) is 12.7. The summed E-state index contributed by atoms with van der Waals surface area (Å²) in [7, 11) is 1.20. The number of nitrogens with zero attached hydrogens (tertiary/aromatic N) is 1. The summed E-state index contributed by atoms with van der Waals surface area (Å²) >= 11 is 0. The summed E-state index contributed by atoms with van der Waals surface area (Å²) < 4.78 is 4.52. The van der Waals surface area contributed by atoms with E-state index in [0.717, 1.165) is 19.3 Å². The second-order valence-corrected chi connectivity index (χ2v) is 6.70. The van der Waals surface area contributed by atoms with Gasteiger partial charge in [-0.05, 0) is 61.7 Å². The number of rotatable bonds is 3. The van der Waals surface area contributed by atoms with Crippen molar-refractivity contribution in [3.63, 3.8) is 0 Å². The van der Waals surface area contributed by atoms with E-state index < -0.39 is 17.7 Å². The van der Waals surface area contributed by atoms with Crippen LogP contribution < -0.4 is 0 Å². The lowest BCUT2D eigenvalue weighted by Crippen LogP contribution is -2.52. The molecule has 4 fully saturated rings. The van der Waals surface area contributed by atoms with E-state index >= 15 is 0 Å². The lowest BCUT2D eigenvalue weighted by Gasteiger charge is -2.57.